The molecule has 17 heavy (non-hydrogen) atoms. The molecule has 0 aromatic heterocycles. The molecule has 1 aliphatic rings. The van der Waals surface area contributed by atoms with Crippen LogP contribution in [0.3, 0.4) is 0 Å². The van der Waals surface area contributed by atoms with E-state index in [9.17, 15) is 5.11 Å². The lowest BCUT2D eigenvalue weighted by atomic mass is 10.0. The highest BCUT2D eigenvalue weighted by Crippen LogP contribution is 2.29. The standard InChI is InChI=1S/C14H21NO2/c1-11-10-15(2)9-5-8-13(11)17-14-7-4-3-6-12(14)16/h3-4,6-7,11,13,16H,5,8-10H2,1-2H3. The molecule has 1 aliphatic heterocycles. The van der Waals surface area contributed by atoms with Crippen molar-refractivity contribution < 1.29 is 9.84 Å². The predicted molar refractivity (Wildman–Crippen MR) is 68.4 cm³/mol. The molecule has 1 fully saturated rings. The number of aromatic hydroxyl groups is 1. The van der Waals surface area contributed by atoms with Gasteiger partial charge in [-0.15, -0.1) is 0 Å². The van der Waals surface area contributed by atoms with E-state index in [2.05, 4.69) is 18.9 Å². The van der Waals surface area contributed by atoms with Crippen molar-refractivity contribution in [1.29, 1.82) is 0 Å². The maximum absolute atomic E-state index is 9.71. The monoisotopic (exact) mass is 235 g/mol. The molecule has 1 saturated heterocycles. The van der Waals surface area contributed by atoms with E-state index in [-0.39, 0.29) is 11.9 Å². The number of para-hydroxylation sites is 2. The molecule has 0 saturated carbocycles. The molecule has 0 aliphatic carbocycles. The lowest BCUT2D eigenvalue weighted by Gasteiger charge is -2.24. The highest BCUT2D eigenvalue weighted by molar-refractivity contribution is 5.38. The quantitative estimate of drug-likeness (QED) is 0.855. The van der Waals surface area contributed by atoms with Gasteiger partial charge in [-0.25, -0.2) is 0 Å². The molecular formula is C14H21NO2. The van der Waals surface area contributed by atoms with E-state index in [1.54, 1.807) is 6.07 Å². The zero-order chi connectivity index (χ0) is 12.3. The largest absolute Gasteiger partial charge is 0.504 e. The summed E-state index contributed by atoms with van der Waals surface area (Å²) in [6, 6.07) is 7.20. The summed E-state index contributed by atoms with van der Waals surface area (Å²) in [7, 11) is 2.15. The van der Waals surface area contributed by atoms with Gasteiger partial charge in [0.05, 0.1) is 0 Å². The number of nitrogens with zero attached hydrogens (tertiary/aromatic N) is 1. The summed E-state index contributed by atoms with van der Waals surface area (Å²) < 4.78 is 5.95. The highest BCUT2D eigenvalue weighted by Gasteiger charge is 2.24. The van der Waals surface area contributed by atoms with Crippen molar-refractivity contribution in [2.75, 3.05) is 20.1 Å². The Labute approximate surface area is 103 Å². The van der Waals surface area contributed by atoms with Crippen LogP contribution in [0, 0.1) is 5.92 Å². The summed E-state index contributed by atoms with van der Waals surface area (Å²) >= 11 is 0. The lowest BCUT2D eigenvalue weighted by molar-refractivity contribution is 0.127. The highest BCUT2D eigenvalue weighted by atomic mass is 16.5. The zero-order valence-electron chi connectivity index (χ0n) is 10.6. The van der Waals surface area contributed by atoms with E-state index in [0.29, 0.717) is 11.7 Å². The molecule has 3 heteroatoms. The van der Waals surface area contributed by atoms with Crippen molar-refractivity contribution in [2.24, 2.45) is 5.92 Å². The number of rotatable bonds is 2. The Hall–Kier alpha value is -1.22. The fourth-order valence-corrected chi connectivity index (χ4v) is 2.44. The molecule has 1 aromatic carbocycles. The summed E-state index contributed by atoms with van der Waals surface area (Å²) in [5, 5.41) is 9.71. The maximum Gasteiger partial charge on any atom is 0.161 e. The Kier molecular flexibility index (Phi) is 3.89. The summed E-state index contributed by atoms with van der Waals surface area (Å²) in [5.74, 6) is 1.33. The van der Waals surface area contributed by atoms with E-state index in [1.807, 2.05) is 18.2 Å². The Bertz CT molecular complexity index is 367. The van der Waals surface area contributed by atoms with Crippen LogP contribution in [-0.2, 0) is 0 Å². The first kappa shape index (κ1) is 12.2. The Balaban J connectivity index is 2.05. The Morgan fingerprint density at radius 2 is 2.12 bits per heavy atom. The van der Waals surface area contributed by atoms with E-state index >= 15 is 0 Å². The van der Waals surface area contributed by atoms with Gasteiger partial charge < -0.3 is 14.7 Å². The van der Waals surface area contributed by atoms with Crippen LogP contribution in [0.1, 0.15) is 19.8 Å². The predicted octanol–water partition coefficient (Wildman–Crippen LogP) is 2.50. The third-order valence-corrected chi connectivity index (χ3v) is 3.41. The number of phenolic OH excluding ortho intramolecular Hbond substituents is 1. The van der Waals surface area contributed by atoms with E-state index in [0.717, 1.165) is 25.9 Å². The first-order valence-electron chi connectivity index (χ1n) is 6.30. The third kappa shape index (κ3) is 3.13. The second-order valence-corrected chi connectivity index (χ2v) is 5.01. The molecule has 1 heterocycles. The molecule has 0 amide bonds. The topological polar surface area (TPSA) is 32.7 Å². The van der Waals surface area contributed by atoms with E-state index in [1.165, 1.54) is 0 Å². The third-order valence-electron chi connectivity index (χ3n) is 3.41. The van der Waals surface area contributed by atoms with Gasteiger partial charge in [-0.2, -0.15) is 0 Å². The lowest BCUT2D eigenvalue weighted by Crippen LogP contribution is -2.30. The van der Waals surface area contributed by atoms with Gasteiger partial charge >= 0.3 is 0 Å². The van der Waals surface area contributed by atoms with Gasteiger partial charge in [0.25, 0.3) is 0 Å². The van der Waals surface area contributed by atoms with Gasteiger partial charge in [-0.3, -0.25) is 0 Å². The molecule has 1 N–H and O–H groups in total. The van der Waals surface area contributed by atoms with Crippen LogP contribution >= 0.6 is 0 Å². The van der Waals surface area contributed by atoms with Gasteiger partial charge in [0, 0.05) is 12.5 Å². The average molecular weight is 235 g/mol. The molecule has 94 valence electrons. The van der Waals surface area contributed by atoms with Gasteiger partial charge in [0.15, 0.2) is 11.5 Å². The number of hydrogen-bond acceptors (Lipinski definition) is 3. The summed E-state index contributed by atoms with van der Waals surface area (Å²) in [6.07, 6.45) is 2.41. The molecule has 2 atom stereocenters. The molecule has 2 unspecified atom stereocenters. The van der Waals surface area contributed by atoms with Crippen molar-refractivity contribution >= 4 is 0 Å². The van der Waals surface area contributed by atoms with Crippen molar-refractivity contribution in [2.45, 2.75) is 25.9 Å². The smallest absolute Gasteiger partial charge is 0.161 e. The fraction of sp³-hybridized carbons (Fsp3) is 0.571. The van der Waals surface area contributed by atoms with Crippen LogP contribution in [0.4, 0.5) is 0 Å². The average Bonchev–Trinajstić information content (AvgIpc) is 2.44. The molecule has 1 aromatic rings. The molecule has 0 spiro atoms. The fourth-order valence-electron chi connectivity index (χ4n) is 2.44. The van der Waals surface area contributed by atoms with Crippen LogP contribution in [0.15, 0.2) is 24.3 Å². The SMILES string of the molecule is CC1CN(C)CCCC1Oc1ccccc1O. The minimum atomic E-state index is 0.202. The van der Waals surface area contributed by atoms with Crippen LogP contribution < -0.4 is 4.74 Å². The summed E-state index contributed by atoms with van der Waals surface area (Å²) in [4.78, 5) is 2.35. The minimum absolute atomic E-state index is 0.202. The van der Waals surface area contributed by atoms with Crippen molar-refractivity contribution in [3.63, 3.8) is 0 Å². The van der Waals surface area contributed by atoms with Gasteiger partial charge in [0.2, 0.25) is 0 Å². The molecule has 2 rings (SSSR count). The number of phenols is 1. The Morgan fingerprint density at radius 3 is 2.88 bits per heavy atom. The van der Waals surface area contributed by atoms with Crippen LogP contribution in [0.25, 0.3) is 0 Å². The van der Waals surface area contributed by atoms with Gasteiger partial charge in [-0.05, 0) is 38.6 Å². The van der Waals surface area contributed by atoms with Crippen molar-refractivity contribution in [3.8, 4) is 11.5 Å². The van der Waals surface area contributed by atoms with Crippen molar-refractivity contribution in [1.82, 2.24) is 4.90 Å². The number of benzene rings is 1. The normalized spacial score (nSPS) is 26.5. The van der Waals surface area contributed by atoms with Crippen LogP contribution in [0.2, 0.25) is 0 Å². The molecule has 3 nitrogen and oxygen atoms in total. The number of ether oxygens (including phenoxy) is 1. The zero-order valence-corrected chi connectivity index (χ0v) is 10.6. The minimum Gasteiger partial charge on any atom is -0.504 e. The summed E-state index contributed by atoms with van der Waals surface area (Å²) in [6.45, 7) is 4.40. The molecule has 0 bridgehead atoms. The maximum atomic E-state index is 9.71. The van der Waals surface area contributed by atoms with E-state index in [4.69, 9.17) is 4.74 Å². The summed E-state index contributed by atoms with van der Waals surface area (Å²) in [5.41, 5.74) is 0. The van der Waals surface area contributed by atoms with Gasteiger partial charge in [0.1, 0.15) is 6.10 Å². The first-order valence-corrected chi connectivity index (χ1v) is 6.30. The van der Waals surface area contributed by atoms with Gasteiger partial charge in [-0.1, -0.05) is 19.1 Å². The second kappa shape index (κ2) is 5.41. The number of hydrogen-bond donors (Lipinski definition) is 1. The van der Waals surface area contributed by atoms with Crippen LogP contribution in [0.5, 0.6) is 11.5 Å². The van der Waals surface area contributed by atoms with Crippen molar-refractivity contribution in [3.05, 3.63) is 24.3 Å². The van der Waals surface area contributed by atoms with Crippen LogP contribution in [-0.4, -0.2) is 36.2 Å². The van der Waals surface area contributed by atoms with E-state index < -0.39 is 0 Å². The first-order chi connectivity index (χ1) is 8.16. The molecular weight excluding hydrogens is 214 g/mol. The number of likely N-dealkylation sites (tertiary alicyclic amines) is 1. The Morgan fingerprint density at radius 1 is 1.35 bits per heavy atom. The molecule has 0 radical (unpaired) electrons. The second-order valence-electron chi connectivity index (χ2n) is 5.01.